The lowest BCUT2D eigenvalue weighted by Gasteiger charge is -2.36. The molecule has 1 fully saturated rings. The van der Waals surface area contributed by atoms with Gasteiger partial charge < -0.3 is 9.80 Å². The SMILES string of the molecule is O=C(c1ccccc1C(F)(F)F)N1CCN(c2ccc([N+](=O)[O-])cc2F)CC1. The molecule has 0 spiro atoms. The highest BCUT2D eigenvalue weighted by atomic mass is 19.4. The zero-order valence-electron chi connectivity index (χ0n) is 14.4. The molecule has 3 rings (SSSR count). The van der Waals surface area contributed by atoms with Crippen molar-refractivity contribution < 1.29 is 27.3 Å². The summed E-state index contributed by atoms with van der Waals surface area (Å²) in [6.07, 6.45) is -4.64. The largest absolute Gasteiger partial charge is 0.417 e. The van der Waals surface area contributed by atoms with Crippen LogP contribution in [0.25, 0.3) is 0 Å². The van der Waals surface area contributed by atoms with Crippen LogP contribution in [0.5, 0.6) is 0 Å². The molecule has 2 aromatic rings. The monoisotopic (exact) mass is 397 g/mol. The molecule has 28 heavy (non-hydrogen) atoms. The number of nitro benzene ring substituents is 1. The molecule has 10 heteroatoms. The third-order valence-corrected chi connectivity index (χ3v) is 4.51. The maximum atomic E-state index is 14.1. The first-order valence-electron chi connectivity index (χ1n) is 8.33. The fourth-order valence-electron chi connectivity index (χ4n) is 3.10. The van der Waals surface area contributed by atoms with E-state index in [1.54, 1.807) is 4.90 Å². The molecular formula is C18H15F4N3O3. The summed E-state index contributed by atoms with van der Waals surface area (Å²) in [6.45, 7) is 0.576. The number of benzene rings is 2. The zero-order chi connectivity index (χ0) is 20.5. The Morgan fingerprint density at radius 3 is 2.25 bits per heavy atom. The van der Waals surface area contributed by atoms with Gasteiger partial charge in [-0.05, 0) is 18.2 Å². The number of amides is 1. The first-order valence-corrected chi connectivity index (χ1v) is 8.33. The van der Waals surface area contributed by atoms with Crippen LogP contribution in [0.15, 0.2) is 42.5 Å². The number of anilines is 1. The van der Waals surface area contributed by atoms with E-state index in [1.807, 2.05) is 0 Å². The summed E-state index contributed by atoms with van der Waals surface area (Å²) in [7, 11) is 0. The number of piperazine rings is 1. The molecule has 0 bridgehead atoms. The van der Waals surface area contributed by atoms with E-state index in [0.29, 0.717) is 0 Å². The summed E-state index contributed by atoms with van der Waals surface area (Å²) in [5.74, 6) is -1.51. The van der Waals surface area contributed by atoms with Gasteiger partial charge in [0.2, 0.25) is 0 Å². The third kappa shape index (κ3) is 3.90. The van der Waals surface area contributed by atoms with Gasteiger partial charge in [0.05, 0.1) is 27.8 Å². The van der Waals surface area contributed by atoms with E-state index in [9.17, 15) is 32.5 Å². The van der Waals surface area contributed by atoms with Gasteiger partial charge >= 0.3 is 6.18 Å². The number of rotatable bonds is 3. The highest BCUT2D eigenvalue weighted by Gasteiger charge is 2.36. The van der Waals surface area contributed by atoms with Crippen molar-refractivity contribution in [1.29, 1.82) is 0 Å². The molecular weight excluding hydrogens is 382 g/mol. The predicted octanol–water partition coefficient (Wildman–Crippen LogP) is 3.72. The minimum atomic E-state index is -4.64. The van der Waals surface area contributed by atoms with Crippen LogP contribution in [-0.4, -0.2) is 41.9 Å². The van der Waals surface area contributed by atoms with Gasteiger partial charge in [0, 0.05) is 32.2 Å². The number of hydrogen-bond donors (Lipinski definition) is 0. The molecule has 0 aliphatic carbocycles. The van der Waals surface area contributed by atoms with Gasteiger partial charge in [-0.2, -0.15) is 13.2 Å². The Morgan fingerprint density at radius 2 is 1.68 bits per heavy atom. The van der Waals surface area contributed by atoms with Crippen molar-refractivity contribution in [3.63, 3.8) is 0 Å². The molecule has 0 unspecified atom stereocenters. The van der Waals surface area contributed by atoms with Crippen molar-refractivity contribution in [2.24, 2.45) is 0 Å². The first-order chi connectivity index (χ1) is 13.2. The molecule has 2 aromatic carbocycles. The second kappa shape index (κ2) is 7.45. The Balaban J connectivity index is 1.73. The number of alkyl halides is 3. The van der Waals surface area contributed by atoms with E-state index < -0.39 is 34.0 Å². The quantitative estimate of drug-likeness (QED) is 0.450. The van der Waals surface area contributed by atoms with Crippen LogP contribution in [0, 0.1) is 15.9 Å². The van der Waals surface area contributed by atoms with Crippen molar-refractivity contribution in [1.82, 2.24) is 4.90 Å². The normalized spacial score (nSPS) is 14.9. The highest BCUT2D eigenvalue weighted by Crippen LogP contribution is 2.32. The lowest BCUT2D eigenvalue weighted by Crippen LogP contribution is -2.49. The number of halogens is 4. The maximum absolute atomic E-state index is 14.1. The Bertz CT molecular complexity index is 909. The number of non-ortho nitro benzene ring substituents is 1. The fourth-order valence-corrected chi connectivity index (χ4v) is 3.10. The van der Waals surface area contributed by atoms with Crippen molar-refractivity contribution in [3.8, 4) is 0 Å². The van der Waals surface area contributed by atoms with Crippen LogP contribution in [0.4, 0.5) is 28.9 Å². The smallest absolute Gasteiger partial charge is 0.366 e. The lowest BCUT2D eigenvalue weighted by molar-refractivity contribution is -0.385. The molecule has 6 nitrogen and oxygen atoms in total. The van der Waals surface area contributed by atoms with Gasteiger partial charge in [0.15, 0.2) is 5.82 Å². The first kappa shape index (κ1) is 19.6. The third-order valence-electron chi connectivity index (χ3n) is 4.51. The van der Waals surface area contributed by atoms with E-state index in [-0.39, 0.29) is 37.6 Å². The molecule has 0 radical (unpaired) electrons. The summed E-state index contributed by atoms with van der Waals surface area (Å²) in [6, 6.07) is 7.84. The molecule has 148 valence electrons. The Morgan fingerprint density at radius 1 is 1.04 bits per heavy atom. The topological polar surface area (TPSA) is 66.7 Å². The Kier molecular flexibility index (Phi) is 5.21. The van der Waals surface area contributed by atoms with Crippen molar-refractivity contribution >= 4 is 17.3 Å². The zero-order valence-corrected chi connectivity index (χ0v) is 14.4. The second-order valence-electron chi connectivity index (χ2n) is 6.22. The second-order valence-corrected chi connectivity index (χ2v) is 6.22. The van der Waals surface area contributed by atoms with E-state index in [0.717, 1.165) is 18.2 Å². The summed E-state index contributed by atoms with van der Waals surface area (Å²) in [4.78, 5) is 25.4. The van der Waals surface area contributed by atoms with Gasteiger partial charge in [0.25, 0.3) is 11.6 Å². The Hall–Kier alpha value is -3.17. The molecule has 0 aromatic heterocycles. The van der Waals surface area contributed by atoms with Crippen molar-refractivity contribution in [3.05, 3.63) is 69.5 Å². The standard InChI is InChI=1S/C18H15F4N3O3/c19-15-11-12(25(27)28)5-6-16(15)23-7-9-24(10-8-23)17(26)13-3-1-2-4-14(13)18(20,21)22/h1-6,11H,7-10H2. The number of hydrogen-bond acceptors (Lipinski definition) is 4. The van der Waals surface area contributed by atoms with Gasteiger partial charge in [-0.3, -0.25) is 14.9 Å². The van der Waals surface area contributed by atoms with Gasteiger partial charge in [0.1, 0.15) is 0 Å². The molecule has 0 N–H and O–H groups in total. The van der Waals surface area contributed by atoms with E-state index >= 15 is 0 Å². The molecule has 1 saturated heterocycles. The van der Waals surface area contributed by atoms with Crippen molar-refractivity contribution in [2.45, 2.75) is 6.18 Å². The lowest BCUT2D eigenvalue weighted by atomic mass is 10.1. The van der Waals surface area contributed by atoms with Crippen LogP contribution >= 0.6 is 0 Å². The molecule has 1 heterocycles. The minimum Gasteiger partial charge on any atom is -0.366 e. The van der Waals surface area contributed by atoms with Crippen LogP contribution in [-0.2, 0) is 6.18 Å². The maximum Gasteiger partial charge on any atom is 0.417 e. The minimum absolute atomic E-state index is 0.0987. The van der Waals surface area contributed by atoms with Gasteiger partial charge in [-0.1, -0.05) is 12.1 Å². The van der Waals surface area contributed by atoms with E-state index in [4.69, 9.17) is 0 Å². The molecule has 1 aliphatic rings. The number of carbonyl (C=O) groups is 1. The van der Waals surface area contributed by atoms with Crippen LogP contribution < -0.4 is 4.90 Å². The van der Waals surface area contributed by atoms with Crippen LogP contribution in [0.1, 0.15) is 15.9 Å². The summed E-state index contributed by atoms with van der Waals surface area (Å²) in [5, 5.41) is 10.7. The number of nitro groups is 1. The van der Waals surface area contributed by atoms with Crippen LogP contribution in [0.2, 0.25) is 0 Å². The van der Waals surface area contributed by atoms with Crippen LogP contribution in [0.3, 0.4) is 0 Å². The molecule has 1 aliphatic heterocycles. The number of carbonyl (C=O) groups excluding carboxylic acids is 1. The molecule has 0 atom stereocenters. The molecule has 1 amide bonds. The average Bonchev–Trinajstić information content (AvgIpc) is 2.67. The fraction of sp³-hybridized carbons (Fsp3) is 0.278. The summed E-state index contributed by atoms with van der Waals surface area (Å²) < 4.78 is 53.5. The van der Waals surface area contributed by atoms with Crippen molar-refractivity contribution in [2.75, 3.05) is 31.1 Å². The average molecular weight is 397 g/mol. The van der Waals surface area contributed by atoms with E-state index in [2.05, 4.69) is 0 Å². The predicted molar refractivity (Wildman–Crippen MR) is 92.6 cm³/mol. The van der Waals surface area contributed by atoms with Gasteiger partial charge in [-0.15, -0.1) is 0 Å². The number of nitrogens with zero attached hydrogens (tertiary/aromatic N) is 3. The van der Waals surface area contributed by atoms with Gasteiger partial charge in [-0.25, -0.2) is 4.39 Å². The van der Waals surface area contributed by atoms with E-state index in [1.165, 1.54) is 29.2 Å². The Labute approximate surface area is 157 Å². The highest BCUT2D eigenvalue weighted by molar-refractivity contribution is 5.96. The summed E-state index contributed by atoms with van der Waals surface area (Å²) >= 11 is 0. The molecule has 0 saturated carbocycles. The summed E-state index contributed by atoms with van der Waals surface area (Å²) in [5.41, 5.74) is -1.65.